The molecule has 1 atom stereocenters. The van der Waals surface area contributed by atoms with Crippen molar-refractivity contribution < 1.29 is 24.2 Å². The van der Waals surface area contributed by atoms with E-state index < -0.39 is 6.10 Å². The van der Waals surface area contributed by atoms with Crippen LogP contribution in [-0.2, 0) is 19.1 Å². The maximum Gasteiger partial charge on any atom is 0.306 e. The number of aliphatic hydroxyl groups is 1. The van der Waals surface area contributed by atoms with Crippen molar-refractivity contribution in [3.63, 3.8) is 0 Å². The Morgan fingerprint density at radius 2 is 0.741 bits per heavy atom. The maximum absolute atomic E-state index is 12.2. The van der Waals surface area contributed by atoms with E-state index in [-0.39, 0.29) is 25.2 Å². The number of aliphatic hydroxyl groups excluding tert-OH is 1. The highest BCUT2D eigenvalue weighted by atomic mass is 16.6. The summed E-state index contributed by atoms with van der Waals surface area (Å²) in [5.41, 5.74) is 0. The van der Waals surface area contributed by atoms with Crippen LogP contribution in [-0.4, -0.2) is 36.4 Å². The van der Waals surface area contributed by atoms with Gasteiger partial charge in [0.1, 0.15) is 6.61 Å². The van der Waals surface area contributed by atoms with Gasteiger partial charge in [0, 0.05) is 12.8 Å². The lowest BCUT2D eigenvalue weighted by molar-refractivity contribution is -0.161. The Hall–Kier alpha value is -2.40. The molecule has 1 N–H and O–H groups in total. The average Bonchev–Trinajstić information content (AvgIpc) is 3.17. The maximum atomic E-state index is 12.2. The molecule has 0 unspecified atom stereocenters. The molecule has 0 fully saturated rings. The molecule has 0 aliphatic heterocycles. The Morgan fingerprint density at radius 3 is 1.19 bits per heavy atom. The summed E-state index contributed by atoms with van der Waals surface area (Å²) in [5, 5.41) is 9.59. The number of ether oxygens (including phenoxy) is 2. The van der Waals surface area contributed by atoms with Crippen LogP contribution in [0.15, 0.2) is 60.8 Å². The fraction of sp³-hybridized carbons (Fsp3) is 0.755. The zero-order chi connectivity index (χ0) is 39.3. The van der Waals surface area contributed by atoms with E-state index in [0.717, 1.165) is 64.2 Å². The van der Waals surface area contributed by atoms with Gasteiger partial charge in [-0.25, -0.2) is 0 Å². The van der Waals surface area contributed by atoms with Crippen molar-refractivity contribution in [1.29, 1.82) is 0 Å². The standard InChI is InChI=1S/C49H86O5/c1-3-5-7-9-11-13-15-17-19-21-23-24-26-27-29-31-33-35-37-39-41-43-48(51)53-46-47(45-50)54-49(52)44-42-40-38-36-34-32-30-28-25-22-20-18-16-14-12-10-8-6-4-2/h12,14,17-20,25,28,32,34,47,50H,3-11,13,15-16,21-24,26-27,29-31,33,35-46H2,1-2H3/b14-12+,19-17+,20-18+,28-25+,34-32+/t47-/m0/s1. The third kappa shape index (κ3) is 42.3. The van der Waals surface area contributed by atoms with E-state index in [4.69, 9.17) is 9.47 Å². The summed E-state index contributed by atoms with van der Waals surface area (Å²) < 4.78 is 10.6. The first-order valence-corrected chi connectivity index (χ1v) is 22.8. The fourth-order valence-corrected chi connectivity index (χ4v) is 6.30. The van der Waals surface area contributed by atoms with Crippen molar-refractivity contribution >= 4 is 11.9 Å². The van der Waals surface area contributed by atoms with Gasteiger partial charge in [0.05, 0.1) is 6.61 Å². The number of carbonyl (C=O) groups is 2. The van der Waals surface area contributed by atoms with E-state index in [2.05, 4.69) is 74.6 Å². The predicted molar refractivity (Wildman–Crippen MR) is 233 cm³/mol. The Labute approximate surface area is 334 Å². The Morgan fingerprint density at radius 1 is 0.426 bits per heavy atom. The SMILES string of the molecule is CCCCC/C=C/C/C=C/C/C=C/C/C=C/CCCCCC(=O)O[C@@H](CO)COC(=O)CCCCCCCCCCCCC/C=C/CCCCCCCC. The van der Waals surface area contributed by atoms with Crippen LogP contribution in [0.5, 0.6) is 0 Å². The van der Waals surface area contributed by atoms with Gasteiger partial charge in [0.25, 0.3) is 0 Å². The van der Waals surface area contributed by atoms with Gasteiger partial charge < -0.3 is 14.6 Å². The number of rotatable bonds is 41. The van der Waals surface area contributed by atoms with Gasteiger partial charge in [0.2, 0.25) is 0 Å². The minimum atomic E-state index is -0.790. The Kier molecular flexibility index (Phi) is 43.0. The molecule has 0 radical (unpaired) electrons. The van der Waals surface area contributed by atoms with Crippen LogP contribution in [0.25, 0.3) is 0 Å². The van der Waals surface area contributed by atoms with Crippen LogP contribution >= 0.6 is 0 Å². The lowest BCUT2D eigenvalue weighted by atomic mass is 10.0. The lowest BCUT2D eigenvalue weighted by Crippen LogP contribution is -2.28. The topological polar surface area (TPSA) is 72.8 Å². The van der Waals surface area contributed by atoms with E-state index in [1.165, 1.54) is 128 Å². The highest BCUT2D eigenvalue weighted by Gasteiger charge is 2.16. The Bertz CT molecular complexity index is 946. The number of esters is 2. The van der Waals surface area contributed by atoms with Crippen LogP contribution in [0.3, 0.4) is 0 Å². The second kappa shape index (κ2) is 45.0. The van der Waals surface area contributed by atoms with Crippen molar-refractivity contribution in [3.8, 4) is 0 Å². The number of hydrogen-bond acceptors (Lipinski definition) is 5. The van der Waals surface area contributed by atoms with E-state index in [9.17, 15) is 14.7 Å². The first-order valence-electron chi connectivity index (χ1n) is 22.8. The van der Waals surface area contributed by atoms with Gasteiger partial charge in [-0.1, -0.05) is 184 Å². The molecule has 0 aliphatic rings. The van der Waals surface area contributed by atoms with Crippen molar-refractivity contribution in [3.05, 3.63) is 60.8 Å². The normalized spacial score (nSPS) is 12.7. The quantitative estimate of drug-likeness (QED) is 0.0382. The van der Waals surface area contributed by atoms with Crippen LogP contribution < -0.4 is 0 Å². The number of carbonyl (C=O) groups excluding carboxylic acids is 2. The van der Waals surface area contributed by atoms with Crippen molar-refractivity contribution in [2.75, 3.05) is 13.2 Å². The Balaban J connectivity index is 3.58. The first kappa shape index (κ1) is 51.6. The second-order valence-corrected chi connectivity index (χ2v) is 15.1. The van der Waals surface area contributed by atoms with Gasteiger partial charge >= 0.3 is 11.9 Å². The van der Waals surface area contributed by atoms with Crippen LogP contribution in [0.1, 0.15) is 219 Å². The van der Waals surface area contributed by atoms with Gasteiger partial charge in [-0.2, -0.15) is 0 Å². The molecule has 5 heteroatoms. The zero-order valence-electron chi connectivity index (χ0n) is 35.5. The molecule has 0 bridgehead atoms. The molecule has 54 heavy (non-hydrogen) atoms. The lowest BCUT2D eigenvalue weighted by Gasteiger charge is -2.15. The first-order chi connectivity index (χ1) is 26.6. The third-order valence-corrected chi connectivity index (χ3v) is 9.78. The molecule has 0 heterocycles. The second-order valence-electron chi connectivity index (χ2n) is 15.1. The van der Waals surface area contributed by atoms with E-state index in [0.29, 0.717) is 12.8 Å². The van der Waals surface area contributed by atoms with Crippen molar-refractivity contribution in [2.45, 2.75) is 225 Å². The summed E-state index contributed by atoms with van der Waals surface area (Å²) in [6.45, 7) is 4.09. The van der Waals surface area contributed by atoms with E-state index in [1.54, 1.807) is 0 Å². The molecule has 312 valence electrons. The summed E-state index contributed by atoms with van der Waals surface area (Å²) in [6, 6.07) is 0. The molecule has 0 aromatic heterocycles. The van der Waals surface area contributed by atoms with Crippen molar-refractivity contribution in [2.24, 2.45) is 0 Å². The monoisotopic (exact) mass is 755 g/mol. The summed E-state index contributed by atoms with van der Waals surface area (Å²) in [6.07, 6.45) is 58.6. The molecule has 0 aromatic rings. The molecule has 0 aromatic carbocycles. The largest absolute Gasteiger partial charge is 0.462 e. The van der Waals surface area contributed by atoms with E-state index in [1.807, 2.05) is 0 Å². The number of hydrogen-bond donors (Lipinski definition) is 1. The molecule has 0 amide bonds. The van der Waals surface area contributed by atoms with E-state index >= 15 is 0 Å². The summed E-state index contributed by atoms with van der Waals surface area (Å²) >= 11 is 0. The number of unbranched alkanes of at least 4 members (excludes halogenated alkanes) is 23. The molecule has 0 spiro atoms. The average molecular weight is 755 g/mol. The minimum Gasteiger partial charge on any atom is -0.462 e. The molecule has 5 nitrogen and oxygen atoms in total. The summed E-state index contributed by atoms with van der Waals surface area (Å²) in [7, 11) is 0. The molecule has 0 rings (SSSR count). The molecular weight excluding hydrogens is 669 g/mol. The van der Waals surface area contributed by atoms with Gasteiger partial charge in [-0.15, -0.1) is 0 Å². The minimum absolute atomic E-state index is 0.0803. The smallest absolute Gasteiger partial charge is 0.306 e. The molecule has 0 saturated carbocycles. The third-order valence-electron chi connectivity index (χ3n) is 9.78. The van der Waals surface area contributed by atoms with Crippen LogP contribution in [0, 0.1) is 0 Å². The molecular formula is C49H86O5. The number of allylic oxidation sites excluding steroid dienone is 10. The molecule has 0 saturated heterocycles. The highest BCUT2D eigenvalue weighted by Crippen LogP contribution is 2.14. The summed E-state index contributed by atoms with van der Waals surface area (Å²) in [4.78, 5) is 24.4. The zero-order valence-corrected chi connectivity index (χ0v) is 35.5. The van der Waals surface area contributed by atoms with Gasteiger partial charge in [-0.05, 0) is 83.5 Å². The van der Waals surface area contributed by atoms with Gasteiger partial charge in [-0.3, -0.25) is 9.59 Å². The highest BCUT2D eigenvalue weighted by molar-refractivity contribution is 5.70. The molecule has 0 aliphatic carbocycles. The summed E-state index contributed by atoms with van der Waals surface area (Å²) in [5.74, 6) is -0.626. The van der Waals surface area contributed by atoms with Crippen molar-refractivity contribution in [1.82, 2.24) is 0 Å². The van der Waals surface area contributed by atoms with Crippen LogP contribution in [0.2, 0.25) is 0 Å². The predicted octanol–water partition coefficient (Wildman–Crippen LogP) is 14.7. The fourth-order valence-electron chi connectivity index (χ4n) is 6.30. The van der Waals surface area contributed by atoms with Gasteiger partial charge in [0.15, 0.2) is 6.10 Å². The van der Waals surface area contributed by atoms with Crippen LogP contribution in [0.4, 0.5) is 0 Å².